The predicted molar refractivity (Wildman–Crippen MR) is 59.4 cm³/mol. The van der Waals surface area contributed by atoms with Crippen LogP contribution in [0.4, 0.5) is 0 Å². The lowest BCUT2D eigenvalue weighted by molar-refractivity contribution is 0.100. The quantitative estimate of drug-likeness (QED) is 0.733. The van der Waals surface area contributed by atoms with Crippen LogP contribution in [0.5, 0.6) is 11.5 Å². The SMILES string of the molecule is CCCOCCOc1cccc(O)c1C. The molecule has 0 aliphatic carbocycles. The number of phenolic OH excluding ortho intramolecular Hbond substituents is 1. The van der Waals surface area contributed by atoms with Crippen molar-refractivity contribution in [3.8, 4) is 11.5 Å². The number of benzene rings is 1. The molecule has 1 rings (SSSR count). The Labute approximate surface area is 90.6 Å². The molecular weight excluding hydrogens is 192 g/mol. The average Bonchev–Trinajstić information content (AvgIpc) is 2.24. The molecule has 15 heavy (non-hydrogen) atoms. The van der Waals surface area contributed by atoms with Gasteiger partial charge < -0.3 is 14.6 Å². The summed E-state index contributed by atoms with van der Waals surface area (Å²) in [6.07, 6.45) is 1.02. The van der Waals surface area contributed by atoms with Gasteiger partial charge in [-0.2, -0.15) is 0 Å². The van der Waals surface area contributed by atoms with E-state index in [0.29, 0.717) is 13.2 Å². The summed E-state index contributed by atoms with van der Waals surface area (Å²) < 4.78 is 10.8. The summed E-state index contributed by atoms with van der Waals surface area (Å²) in [5.74, 6) is 0.983. The number of hydrogen-bond donors (Lipinski definition) is 1. The van der Waals surface area contributed by atoms with Crippen LogP contribution in [0.1, 0.15) is 18.9 Å². The van der Waals surface area contributed by atoms with Crippen molar-refractivity contribution < 1.29 is 14.6 Å². The van der Waals surface area contributed by atoms with E-state index in [-0.39, 0.29) is 5.75 Å². The summed E-state index contributed by atoms with van der Waals surface area (Å²) in [6.45, 7) is 5.77. The van der Waals surface area contributed by atoms with Gasteiger partial charge in [-0.05, 0) is 25.5 Å². The third kappa shape index (κ3) is 3.80. The molecule has 0 atom stereocenters. The highest BCUT2D eigenvalue weighted by Gasteiger charge is 2.02. The Morgan fingerprint density at radius 1 is 1.20 bits per heavy atom. The van der Waals surface area contributed by atoms with Crippen LogP contribution in [0, 0.1) is 6.92 Å². The van der Waals surface area contributed by atoms with Crippen LogP contribution in [0.15, 0.2) is 18.2 Å². The van der Waals surface area contributed by atoms with Crippen LogP contribution in [0.3, 0.4) is 0 Å². The molecule has 0 aliphatic rings. The van der Waals surface area contributed by atoms with Gasteiger partial charge in [0.1, 0.15) is 18.1 Å². The highest BCUT2D eigenvalue weighted by molar-refractivity contribution is 5.42. The molecule has 0 bridgehead atoms. The van der Waals surface area contributed by atoms with E-state index in [1.807, 2.05) is 13.0 Å². The van der Waals surface area contributed by atoms with Gasteiger partial charge in [-0.3, -0.25) is 0 Å². The molecular formula is C12H18O3. The Kier molecular flexibility index (Phi) is 4.98. The van der Waals surface area contributed by atoms with Gasteiger partial charge in [0.15, 0.2) is 0 Å². The highest BCUT2D eigenvalue weighted by Crippen LogP contribution is 2.25. The van der Waals surface area contributed by atoms with E-state index < -0.39 is 0 Å². The van der Waals surface area contributed by atoms with Gasteiger partial charge in [-0.1, -0.05) is 13.0 Å². The standard InChI is InChI=1S/C12H18O3/c1-3-7-14-8-9-15-12-6-4-5-11(13)10(12)2/h4-6,13H,3,7-9H2,1-2H3. The molecule has 0 heterocycles. The maximum Gasteiger partial charge on any atom is 0.126 e. The number of phenols is 1. The molecule has 0 saturated carbocycles. The van der Waals surface area contributed by atoms with E-state index in [0.717, 1.165) is 24.3 Å². The third-order valence-corrected chi connectivity index (χ3v) is 2.09. The highest BCUT2D eigenvalue weighted by atomic mass is 16.5. The molecule has 0 radical (unpaired) electrons. The molecule has 3 heteroatoms. The first kappa shape index (κ1) is 11.9. The van der Waals surface area contributed by atoms with Gasteiger partial charge in [0.25, 0.3) is 0 Å². The molecule has 0 saturated heterocycles. The lowest BCUT2D eigenvalue weighted by Gasteiger charge is -2.09. The van der Waals surface area contributed by atoms with E-state index in [9.17, 15) is 5.11 Å². The van der Waals surface area contributed by atoms with Crippen molar-refractivity contribution in [2.45, 2.75) is 20.3 Å². The second-order valence-corrected chi connectivity index (χ2v) is 3.36. The number of rotatable bonds is 6. The normalized spacial score (nSPS) is 10.3. The first-order chi connectivity index (χ1) is 7.25. The van der Waals surface area contributed by atoms with E-state index in [2.05, 4.69) is 6.92 Å². The first-order valence-corrected chi connectivity index (χ1v) is 5.24. The summed E-state index contributed by atoms with van der Waals surface area (Å²) >= 11 is 0. The minimum absolute atomic E-state index is 0.266. The van der Waals surface area contributed by atoms with Crippen LogP contribution < -0.4 is 4.74 Å². The Morgan fingerprint density at radius 3 is 2.73 bits per heavy atom. The van der Waals surface area contributed by atoms with E-state index in [1.165, 1.54) is 0 Å². The van der Waals surface area contributed by atoms with Crippen molar-refractivity contribution in [3.05, 3.63) is 23.8 Å². The second kappa shape index (κ2) is 6.30. The minimum Gasteiger partial charge on any atom is -0.508 e. The van der Waals surface area contributed by atoms with Crippen LogP contribution in [-0.4, -0.2) is 24.9 Å². The summed E-state index contributed by atoms with van der Waals surface area (Å²) in [4.78, 5) is 0. The lowest BCUT2D eigenvalue weighted by Crippen LogP contribution is -2.07. The largest absolute Gasteiger partial charge is 0.508 e. The third-order valence-electron chi connectivity index (χ3n) is 2.09. The van der Waals surface area contributed by atoms with E-state index >= 15 is 0 Å². The molecule has 1 aromatic carbocycles. The Hall–Kier alpha value is -1.22. The fraction of sp³-hybridized carbons (Fsp3) is 0.500. The van der Waals surface area contributed by atoms with Gasteiger partial charge in [-0.25, -0.2) is 0 Å². The minimum atomic E-state index is 0.266. The molecule has 3 nitrogen and oxygen atoms in total. The smallest absolute Gasteiger partial charge is 0.126 e. The van der Waals surface area contributed by atoms with Gasteiger partial charge in [-0.15, -0.1) is 0 Å². The first-order valence-electron chi connectivity index (χ1n) is 5.24. The zero-order chi connectivity index (χ0) is 11.1. The maximum absolute atomic E-state index is 9.43. The molecule has 84 valence electrons. The van der Waals surface area contributed by atoms with Crippen molar-refractivity contribution in [2.75, 3.05) is 19.8 Å². The monoisotopic (exact) mass is 210 g/mol. The Balaban J connectivity index is 2.34. The molecule has 0 aromatic heterocycles. The Morgan fingerprint density at radius 2 is 2.00 bits per heavy atom. The summed E-state index contributed by atoms with van der Waals surface area (Å²) in [5.41, 5.74) is 0.771. The van der Waals surface area contributed by atoms with Crippen LogP contribution in [0.25, 0.3) is 0 Å². The molecule has 0 amide bonds. The summed E-state index contributed by atoms with van der Waals surface area (Å²) in [6, 6.07) is 5.26. The van der Waals surface area contributed by atoms with Crippen molar-refractivity contribution >= 4 is 0 Å². The predicted octanol–water partition coefficient (Wildman–Crippen LogP) is 2.51. The molecule has 0 spiro atoms. The van der Waals surface area contributed by atoms with Crippen molar-refractivity contribution in [1.82, 2.24) is 0 Å². The number of hydrogen-bond acceptors (Lipinski definition) is 3. The molecule has 0 unspecified atom stereocenters. The van der Waals surface area contributed by atoms with Crippen LogP contribution >= 0.6 is 0 Å². The van der Waals surface area contributed by atoms with E-state index in [4.69, 9.17) is 9.47 Å². The molecule has 0 fully saturated rings. The number of aromatic hydroxyl groups is 1. The van der Waals surface area contributed by atoms with E-state index in [1.54, 1.807) is 12.1 Å². The van der Waals surface area contributed by atoms with Crippen LogP contribution in [-0.2, 0) is 4.74 Å². The van der Waals surface area contributed by atoms with Gasteiger partial charge in [0.2, 0.25) is 0 Å². The second-order valence-electron chi connectivity index (χ2n) is 3.36. The van der Waals surface area contributed by atoms with Crippen molar-refractivity contribution in [3.63, 3.8) is 0 Å². The fourth-order valence-electron chi connectivity index (χ4n) is 1.22. The zero-order valence-corrected chi connectivity index (χ0v) is 9.32. The average molecular weight is 210 g/mol. The fourth-order valence-corrected chi connectivity index (χ4v) is 1.22. The molecule has 1 N–H and O–H groups in total. The van der Waals surface area contributed by atoms with Crippen LogP contribution in [0.2, 0.25) is 0 Å². The van der Waals surface area contributed by atoms with Crippen molar-refractivity contribution in [1.29, 1.82) is 0 Å². The maximum atomic E-state index is 9.43. The van der Waals surface area contributed by atoms with Crippen molar-refractivity contribution in [2.24, 2.45) is 0 Å². The summed E-state index contributed by atoms with van der Waals surface area (Å²) in [5, 5.41) is 9.43. The molecule has 0 aliphatic heterocycles. The van der Waals surface area contributed by atoms with Gasteiger partial charge in [0, 0.05) is 12.2 Å². The van der Waals surface area contributed by atoms with Gasteiger partial charge >= 0.3 is 0 Å². The topological polar surface area (TPSA) is 38.7 Å². The molecule has 1 aromatic rings. The summed E-state index contributed by atoms with van der Waals surface area (Å²) in [7, 11) is 0. The lowest BCUT2D eigenvalue weighted by atomic mass is 10.2. The Bertz CT molecular complexity index is 297. The number of ether oxygens (including phenoxy) is 2. The van der Waals surface area contributed by atoms with Gasteiger partial charge in [0.05, 0.1) is 6.61 Å². The zero-order valence-electron chi connectivity index (χ0n) is 9.32.